The zero-order chi connectivity index (χ0) is 22.4. The molecule has 1 saturated heterocycles. The molecule has 4 rings (SSSR count). The molecule has 0 radical (unpaired) electrons. The highest BCUT2D eigenvalue weighted by Gasteiger charge is 2.29. The van der Waals surface area contributed by atoms with Crippen LogP contribution in [0.15, 0.2) is 47.6 Å². The van der Waals surface area contributed by atoms with Crippen LogP contribution in [0.4, 0.5) is 21.5 Å². The summed E-state index contributed by atoms with van der Waals surface area (Å²) in [5.74, 6) is -0.405. The van der Waals surface area contributed by atoms with E-state index in [2.05, 4.69) is 20.6 Å². The summed E-state index contributed by atoms with van der Waals surface area (Å²) in [6.07, 6.45) is 0.147. The summed E-state index contributed by atoms with van der Waals surface area (Å²) in [5, 5.41) is 12.6. The van der Waals surface area contributed by atoms with E-state index in [-0.39, 0.29) is 24.2 Å². The number of nitrogens with one attached hydrogen (secondary N) is 2. The maximum atomic E-state index is 15.1. The van der Waals surface area contributed by atoms with Gasteiger partial charge in [0, 0.05) is 43.5 Å². The van der Waals surface area contributed by atoms with Gasteiger partial charge in [0.05, 0.1) is 23.5 Å². The van der Waals surface area contributed by atoms with Crippen molar-refractivity contribution in [2.75, 3.05) is 41.4 Å². The standard InChI is InChI=1S/C22H26FN5O.C2H6/c1-15(2)25-19-13-21(27-10-8-24-9-11-27)18(23)12-17(19)20-14-22(29)28(26-20)16-6-4-3-5-7-16;1-2/h3-7,12-13,15,24-25H,8-11,14H2,1-2H3;1-2H3. The van der Waals surface area contributed by atoms with Crippen LogP contribution in [0.25, 0.3) is 0 Å². The molecule has 6 nitrogen and oxygen atoms in total. The van der Waals surface area contributed by atoms with Crippen molar-refractivity contribution < 1.29 is 9.18 Å². The fourth-order valence-electron chi connectivity index (χ4n) is 3.73. The topological polar surface area (TPSA) is 60.0 Å². The van der Waals surface area contributed by atoms with Crippen molar-refractivity contribution in [3.8, 4) is 0 Å². The van der Waals surface area contributed by atoms with Crippen molar-refractivity contribution in [1.29, 1.82) is 0 Å². The summed E-state index contributed by atoms with van der Waals surface area (Å²) in [6.45, 7) is 11.3. The first-order valence-electron chi connectivity index (χ1n) is 11.0. The maximum absolute atomic E-state index is 15.1. The predicted molar refractivity (Wildman–Crippen MR) is 127 cm³/mol. The minimum Gasteiger partial charge on any atom is -0.382 e. The number of piperazine rings is 1. The number of anilines is 3. The van der Waals surface area contributed by atoms with Crippen molar-refractivity contribution in [2.24, 2.45) is 5.10 Å². The Morgan fingerprint density at radius 2 is 1.77 bits per heavy atom. The van der Waals surface area contributed by atoms with Gasteiger partial charge >= 0.3 is 0 Å². The molecule has 0 unspecified atom stereocenters. The largest absolute Gasteiger partial charge is 0.382 e. The Hall–Kier alpha value is -2.93. The highest BCUT2D eigenvalue weighted by molar-refractivity contribution is 6.21. The van der Waals surface area contributed by atoms with Crippen LogP contribution in [0.1, 0.15) is 39.7 Å². The molecule has 2 aliphatic heterocycles. The average Bonchev–Trinajstić information content (AvgIpc) is 3.18. The molecule has 0 atom stereocenters. The van der Waals surface area contributed by atoms with Crippen LogP contribution >= 0.6 is 0 Å². The molecule has 166 valence electrons. The number of para-hydroxylation sites is 1. The summed E-state index contributed by atoms with van der Waals surface area (Å²) >= 11 is 0. The molecule has 0 aromatic heterocycles. The van der Waals surface area contributed by atoms with Crippen LogP contribution < -0.4 is 20.5 Å². The molecule has 0 bridgehead atoms. The Labute approximate surface area is 184 Å². The number of carbonyl (C=O) groups excluding carboxylic acids is 1. The minimum atomic E-state index is -0.287. The highest BCUT2D eigenvalue weighted by Crippen LogP contribution is 2.32. The lowest BCUT2D eigenvalue weighted by Gasteiger charge is -2.30. The predicted octanol–water partition coefficient (Wildman–Crippen LogP) is 4.22. The summed E-state index contributed by atoms with van der Waals surface area (Å²) in [6, 6.07) is 12.8. The van der Waals surface area contributed by atoms with Gasteiger partial charge in [-0.05, 0) is 38.1 Å². The van der Waals surface area contributed by atoms with Gasteiger partial charge in [-0.15, -0.1) is 0 Å². The Morgan fingerprint density at radius 1 is 1.10 bits per heavy atom. The second-order valence-corrected chi connectivity index (χ2v) is 7.65. The normalized spacial score (nSPS) is 16.2. The number of halogens is 1. The van der Waals surface area contributed by atoms with E-state index in [4.69, 9.17) is 0 Å². The zero-order valence-corrected chi connectivity index (χ0v) is 18.8. The Balaban J connectivity index is 0.00000132. The van der Waals surface area contributed by atoms with E-state index in [9.17, 15) is 4.79 Å². The summed E-state index contributed by atoms with van der Waals surface area (Å²) in [4.78, 5) is 14.6. The lowest BCUT2D eigenvalue weighted by Crippen LogP contribution is -2.44. The van der Waals surface area contributed by atoms with Gasteiger partial charge in [0.2, 0.25) is 0 Å². The number of rotatable bonds is 5. The number of hydrazone groups is 1. The van der Waals surface area contributed by atoms with E-state index in [1.165, 1.54) is 11.1 Å². The van der Waals surface area contributed by atoms with Crippen LogP contribution in [0.2, 0.25) is 0 Å². The maximum Gasteiger partial charge on any atom is 0.253 e. The number of carbonyl (C=O) groups is 1. The third-order valence-corrected chi connectivity index (χ3v) is 5.08. The van der Waals surface area contributed by atoms with Crippen molar-refractivity contribution >= 4 is 28.7 Å². The van der Waals surface area contributed by atoms with E-state index >= 15 is 4.39 Å². The third kappa shape index (κ3) is 5.22. The SMILES string of the molecule is CC.CC(C)Nc1cc(N2CCNCC2)c(F)cc1C1=NN(c2ccccc2)C(=O)C1. The molecule has 0 spiro atoms. The molecule has 2 aromatic carbocycles. The molecule has 2 N–H and O–H groups in total. The van der Waals surface area contributed by atoms with Gasteiger partial charge < -0.3 is 15.5 Å². The van der Waals surface area contributed by atoms with E-state index < -0.39 is 0 Å². The molecule has 2 aliphatic rings. The Morgan fingerprint density at radius 3 is 2.42 bits per heavy atom. The first-order chi connectivity index (χ1) is 15.0. The third-order valence-electron chi connectivity index (χ3n) is 5.08. The summed E-state index contributed by atoms with van der Waals surface area (Å²) < 4.78 is 15.1. The summed E-state index contributed by atoms with van der Waals surface area (Å²) in [7, 11) is 0. The van der Waals surface area contributed by atoms with Gasteiger partial charge in [-0.1, -0.05) is 32.0 Å². The van der Waals surface area contributed by atoms with Crippen molar-refractivity contribution in [3.63, 3.8) is 0 Å². The molecule has 0 aliphatic carbocycles. The van der Waals surface area contributed by atoms with Crippen LogP contribution in [0.5, 0.6) is 0 Å². The lowest BCUT2D eigenvalue weighted by molar-refractivity contribution is -0.116. The van der Waals surface area contributed by atoms with Gasteiger partial charge in [0.1, 0.15) is 5.82 Å². The molecular formula is C24H32FN5O. The van der Waals surface area contributed by atoms with Crippen molar-refractivity contribution in [2.45, 2.75) is 40.2 Å². The molecule has 0 saturated carbocycles. The van der Waals surface area contributed by atoms with Gasteiger partial charge in [0.15, 0.2) is 0 Å². The van der Waals surface area contributed by atoms with Crippen molar-refractivity contribution in [1.82, 2.24) is 5.32 Å². The lowest BCUT2D eigenvalue weighted by atomic mass is 10.0. The molecule has 2 heterocycles. The number of nitrogens with zero attached hydrogens (tertiary/aromatic N) is 3. The van der Waals surface area contributed by atoms with Gasteiger partial charge in [-0.25, -0.2) is 9.40 Å². The molecule has 31 heavy (non-hydrogen) atoms. The van der Waals surface area contributed by atoms with Crippen molar-refractivity contribution in [3.05, 3.63) is 53.8 Å². The zero-order valence-electron chi connectivity index (χ0n) is 18.8. The Bertz CT molecular complexity index is 923. The Kier molecular flexibility index (Phi) is 7.63. The van der Waals surface area contributed by atoms with Crippen LogP contribution in [-0.2, 0) is 4.79 Å². The molecule has 1 amide bonds. The van der Waals surface area contributed by atoms with E-state index in [0.29, 0.717) is 22.6 Å². The second kappa shape index (κ2) is 10.4. The quantitative estimate of drug-likeness (QED) is 0.753. The highest BCUT2D eigenvalue weighted by atomic mass is 19.1. The fraction of sp³-hybridized carbons (Fsp3) is 0.417. The van der Waals surface area contributed by atoms with E-state index in [1.54, 1.807) is 0 Å². The second-order valence-electron chi connectivity index (χ2n) is 7.65. The monoisotopic (exact) mass is 425 g/mol. The molecule has 7 heteroatoms. The first kappa shape index (κ1) is 22.7. The first-order valence-corrected chi connectivity index (χ1v) is 11.0. The number of hydrogen-bond donors (Lipinski definition) is 2. The molecular weight excluding hydrogens is 393 g/mol. The summed E-state index contributed by atoms with van der Waals surface area (Å²) in [5.41, 5.74) is 3.32. The molecule has 2 aromatic rings. The van der Waals surface area contributed by atoms with Crippen LogP contribution in [0, 0.1) is 5.82 Å². The molecule has 1 fully saturated rings. The van der Waals surface area contributed by atoms with Gasteiger partial charge in [-0.2, -0.15) is 5.10 Å². The smallest absolute Gasteiger partial charge is 0.253 e. The van der Waals surface area contributed by atoms with Gasteiger partial charge in [-0.3, -0.25) is 4.79 Å². The van der Waals surface area contributed by atoms with E-state index in [1.807, 2.05) is 64.1 Å². The number of amides is 1. The average molecular weight is 426 g/mol. The van der Waals surface area contributed by atoms with Gasteiger partial charge in [0.25, 0.3) is 5.91 Å². The fourth-order valence-corrected chi connectivity index (χ4v) is 3.73. The number of benzene rings is 2. The van der Waals surface area contributed by atoms with E-state index in [0.717, 1.165) is 31.9 Å². The van der Waals surface area contributed by atoms with Crippen LogP contribution in [0.3, 0.4) is 0 Å². The van der Waals surface area contributed by atoms with Crippen LogP contribution in [-0.4, -0.2) is 43.8 Å². The number of hydrogen-bond acceptors (Lipinski definition) is 5. The minimum absolute atomic E-state index is 0.117.